The molecule has 0 radical (unpaired) electrons. The predicted molar refractivity (Wildman–Crippen MR) is 67.6 cm³/mol. The topological polar surface area (TPSA) is 55.1 Å². The summed E-state index contributed by atoms with van der Waals surface area (Å²) >= 11 is 0. The summed E-state index contributed by atoms with van der Waals surface area (Å²) in [7, 11) is 0. The van der Waals surface area contributed by atoms with Crippen LogP contribution in [0.2, 0.25) is 0 Å². The van der Waals surface area contributed by atoms with Crippen molar-refractivity contribution in [2.45, 2.75) is 44.9 Å². The number of nitrogens with one attached hydrogen (secondary N) is 1. The maximum absolute atomic E-state index is 11.8. The molecule has 1 saturated heterocycles. The van der Waals surface area contributed by atoms with Crippen LogP contribution < -0.4 is 11.1 Å². The van der Waals surface area contributed by atoms with E-state index in [1.165, 1.54) is 19.3 Å². The van der Waals surface area contributed by atoms with Gasteiger partial charge < -0.3 is 11.1 Å². The van der Waals surface area contributed by atoms with Crippen LogP contribution in [0.4, 0.5) is 0 Å². The Morgan fingerprint density at radius 3 is 2.19 bits per heavy atom. The Bertz CT molecular complexity index is 233. The number of amides is 1. The highest BCUT2D eigenvalue weighted by molar-refractivity contribution is 5.85. The predicted octanol–water partition coefficient (Wildman–Crippen LogP) is 1.84. The first-order valence-corrected chi connectivity index (χ1v) is 6.26. The minimum absolute atomic E-state index is 0. The molecule has 0 atom stereocenters. The van der Waals surface area contributed by atoms with Crippen LogP contribution in [0.15, 0.2) is 0 Å². The normalized spacial score (nSPS) is 25.8. The fourth-order valence-electron chi connectivity index (χ4n) is 3.41. The first kappa shape index (κ1) is 13.8. The Hall–Kier alpha value is -0.280. The van der Waals surface area contributed by atoms with Gasteiger partial charge in [-0.15, -0.1) is 12.4 Å². The van der Waals surface area contributed by atoms with Crippen LogP contribution in [0.5, 0.6) is 0 Å². The van der Waals surface area contributed by atoms with Crippen molar-refractivity contribution >= 4 is 18.3 Å². The molecule has 1 aliphatic heterocycles. The van der Waals surface area contributed by atoms with Gasteiger partial charge in [0.1, 0.15) is 0 Å². The van der Waals surface area contributed by atoms with E-state index in [0.29, 0.717) is 5.92 Å². The van der Waals surface area contributed by atoms with E-state index in [2.05, 4.69) is 5.32 Å². The smallest absolute Gasteiger partial charge is 0.223 e. The zero-order valence-electron chi connectivity index (χ0n) is 9.84. The lowest BCUT2D eigenvalue weighted by atomic mass is 9.62. The van der Waals surface area contributed by atoms with Crippen LogP contribution >= 0.6 is 12.4 Å². The molecule has 2 rings (SSSR count). The van der Waals surface area contributed by atoms with Crippen molar-refractivity contribution in [1.82, 2.24) is 5.32 Å². The second kappa shape index (κ2) is 5.87. The summed E-state index contributed by atoms with van der Waals surface area (Å²) < 4.78 is 0. The van der Waals surface area contributed by atoms with Crippen molar-refractivity contribution in [3.05, 3.63) is 0 Å². The molecule has 0 unspecified atom stereocenters. The number of nitrogens with two attached hydrogens (primary N) is 1. The van der Waals surface area contributed by atoms with E-state index >= 15 is 0 Å². The molecule has 94 valence electrons. The third-order valence-corrected chi connectivity index (χ3v) is 4.36. The quantitative estimate of drug-likeness (QED) is 0.781. The van der Waals surface area contributed by atoms with E-state index in [1.54, 1.807) is 0 Å². The van der Waals surface area contributed by atoms with E-state index in [-0.39, 0.29) is 23.7 Å². The fourth-order valence-corrected chi connectivity index (χ4v) is 3.41. The molecule has 3 nitrogen and oxygen atoms in total. The van der Waals surface area contributed by atoms with Gasteiger partial charge in [-0.3, -0.25) is 4.79 Å². The van der Waals surface area contributed by atoms with Gasteiger partial charge in [0.05, 0.1) is 5.41 Å². The molecule has 1 aliphatic carbocycles. The van der Waals surface area contributed by atoms with Crippen LogP contribution in [0.1, 0.15) is 44.9 Å². The second-order valence-electron chi connectivity index (χ2n) is 5.11. The zero-order chi connectivity index (χ0) is 10.7. The summed E-state index contributed by atoms with van der Waals surface area (Å²) in [4.78, 5) is 11.8. The van der Waals surface area contributed by atoms with Gasteiger partial charge in [0.2, 0.25) is 5.91 Å². The van der Waals surface area contributed by atoms with Gasteiger partial charge in [-0.05, 0) is 44.7 Å². The molecule has 1 saturated carbocycles. The minimum Gasteiger partial charge on any atom is -0.369 e. The van der Waals surface area contributed by atoms with Gasteiger partial charge in [0.15, 0.2) is 0 Å². The summed E-state index contributed by atoms with van der Waals surface area (Å²) in [6.45, 7) is 2.11. The van der Waals surface area contributed by atoms with Gasteiger partial charge >= 0.3 is 0 Å². The van der Waals surface area contributed by atoms with Gasteiger partial charge in [-0.2, -0.15) is 0 Å². The summed E-state index contributed by atoms with van der Waals surface area (Å²) in [6, 6.07) is 0. The molecular weight excluding hydrogens is 224 g/mol. The molecule has 0 spiro atoms. The number of carbonyl (C=O) groups is 1. The molecular formula is C12H23ClN2O. The van der Waals surface area contributed by atoms with Crippen molar-refractivity contribution < 1.29 is 4.79 Å². The summed E-state index contributed by atoms with van der Waals surface area (Å²) in [5.74, 6) is 0.505. The highest BCUT2D eigenvalue weighted by Gasteiger charge is 2.44. The lowest BCUT2D eigenvalue weighted by molar-refractivity contribution is -0.134. The van der Waals surface area contributed by atoms with Crippen LogP contribution in [-0.2, 0) is 4.79 Å². The van der Waals surface area contributed by atoms with Crippen LogP contribution in [0.25, 0.3) is 0 Å². The van der Waals surface area contributed by atoms with Crippen LogP contribution in [0.3, 0.4) is 0 Å². The van der Waals surface area contributed by atoms with E-state index < -0.39 is 0 Å². The lowest BCUT2D eigenvalue weighted by Crippen LogP contribution is -2.48. The van der Waals surface area contributed by atoms with Gasteiger partial charge in [-0.25, -0.2) is 0 Å². The third-order valence-electron chi connectivity index (χ3n) is 4.36. The largest absolute Gasteiger partial charge is 0.369 e. The molecule has 4 heteroatoms. The van der Waals surface area contributed by atoms with Crippen molar-refractivity contribution in [1.29, 1.82) is 0 Å². The van der Waals surface area contributed by atoms with Crippen molar-refractivity contribution in [2.75, 3.05) is 13.1 Å². The fraction of sp³-hybridized carbons (Fsp3) is 0.917. The Kier molecular flexibility index (Phi) is 5.06. The number of rotatable bonds is 2. The molecule has 0 aromatic rings. The van der Waals surface area contributed by atoms with Crippen LogP contribution in [0, 0.1) is 11.3 Å². The summed E-state index contributed by atoms with van der Waals surface area (Å²) in [5.41, 5.74) is 5.52. The molecule has 1 heterocycles. The van der Waals surface area contributed by atoms with E-state index in [4.69, 9.17) is 5.73 Å². The monoisotopic (exact) mass is 246 g/mol. The maximum Gasteiger partial charge on any atom is 0.223 e. The first-order chi connectivity index (χ1) is 7.26. The standard InChI is InChI=1S/C12H22N2O.ClH/c13-11(15)12(6-2-1-3-7-12)10-4-8-14-9-5-10;/h10,14H,1-9H2,(H2,13,15);1H. The summed E-state index contributed by atoms with van der Waals surface area (Å²) in [5, 5.41) is 3.36. The highest BCUT2D eigenvalue weighted by Crippen LogP contribution is 2.45. The number of primary amides is 1. The SMILES string of the molecule is Cl.NC(=O)C1(C2CCNCC2)CCCCC1. The number of hydrogen-bond acceptors (Lipinski definition) is 2. The molecule has 16 heavy (non-hydrogen) atoms. The van der Waals surface area contributed by atoms with Gasteiger partial charge in [0, 0.05) is 0 Å². The molecule has 2 aliphatic rings. The molecule has 0 bridgehead atoms. The van der Waals surface area contributed by atoms with Crippen LogP contribution in [-0.4, -0.2) is 19.0 Å². The van der Waals surface area contributed by atoms with E-state index in [9.17, 15) is 4.79 Å². The average Bonchev–Trinajstić information content (AvgIpc) is 2.31. The average molecular weight is 247 g/mol. The minimum atomic E-state index is -0.152. The van der Waals surface area contributed by atoms with Crippen molar-refractivity contribution in [2.24, 2.45) is 17.1 Å². The Morgan fingerprint density at radius 1 is 1.12 bits per heavy atom. The zero-order valence-corrected chi connectivity index (χ0v) is 10.7. The van der Waals surface area contributed by atoms with E-state index in [1.807, 2.05) is 0 Å². The molecule has 0 aromatic heterocycles. The molecule has 3 N–H and O–H groups in total. The van der Waals surface area contributed by atoms with E-state index in [0.717, 1.165) is 38.8 Å². The van der Waals surface area contributed by atoms with Gasteiger partial charge in [0.25, 0.3) is 0 Å². The Labute approximate surface area is 104 Å². The van der Waals surface area contributed by atoms with Crippen molar-refractivity contribution in [3.63, 3.8) is 0 Å². The molecule has 2 fully saturated rings. The number of hydrogen-bond donors (Lipinski definition) is 2. The van der Waals surface area contributed by atoms with Gasteiger partial charge in [-0.1, -0.05) is 19.3 Å². The Balaban J connectivity index is 0.00000128. The first-order valence-electron chi connectivity index (χ1n) is 6.26. The summed E-state index contributed by atoms with van der Waals surface area (Å²) in [6.07, 6.45) is 7.98. The maximum atomic E-state index is 11.8. The molecule has 1 amide bonds. The second-order valence-corrected chi connectivity index (χ2v) is 5.11. The number of halogens is 1. The number of carbonyl (C=O) groups excluding carboxylic acids is 1. The van der Waals surface area contributed by atoms with Crippen molar-refractivity contribution in [3.8, 4) is 0 Å². The molecule has 0 aromatic carbocycles. The highest BCUT2D eigenvalue weighted by atomic mass is 35.5. The Morgan fingerprint density at radius 2 is 1.69 bits per heavy atom. The number of piperidine rings is 1. The lowest BCUT2D eigenvalue weighted by Gasteiger charge is -2.43. The third kappa shape index (κ3) is 2.51.